The van der Waals surface area contributed by atoms with Gasteiger partial charge in [-0.2, -0.15) is 0 Å². The van der Waals surface area contributed by atoms with Crippen LogP contribution in [0.15, 0.2) is 24.4 Å². The number of pyridine rings is 1. The number of hydrogen-bond donors (Lipinski definition) is 1. The number of hydrogen-bond acceptors (Lipinski definition) is 3. The lowest BCUT2D eigenvalue weighted by molar-refractivity contribution is 0.141. The van der Waals surface area contributed by atoms with Crippen LogP contribution in [0.5, 0.6) is 5.88 Å². The van der Waals surface area contributed by atoms with Crippen molar-refractivity contribution in [1.82, 2.24) is 4.98 Å². The van der Waals surface area contributed by atoms with E-state index in [1.54, 1.807) is 6.20 Å². The fraction of sp³-hybridized carbons (Fsp3) is 0.545. The Morgan fingerprint density at radius 1 is 1.20 bits per heavy atom. The second-order valence-electron chi connectivity index (χ2n) is 3.82. The third-order valence-electron chi connectivity index (χ3n) is 2.64. The molecule has 1 saturated carbocycles. The van der Waals surface area contributed by atoms with E-state index >= 15 is 0 Å². The van der Waals surface area contributed by atoms with Crippen LogP contribution in [0.4, 0.5) is 0 Å². The van der Waals surface area contributed by atoms with Gasteiger partial charge in [-0.3, -0.25) is 0 Å². The van der Waals surface area contributed by atoms with Crippen molar-refractivity contribution in [3.05, 3.63) is 24.4 Å². The molecule has 1 fully saturated rings. The fourth-order valence-electron chi connectivity index (χ4n) is 1.79. The first-order chi connectivity index (χ1) is 6.84. The SMILES string of the molecule is Cl.NC1CCC(Oc2ccccn2)CC1. The standard InChI is InChI=1S/C11H16N2O.ClH/c12-9-4-6-10(7-5-9)14-11-3-1-2-8-13-11;/h1-3,8-10H,4-7,12H2;1H. The Kier molecular flexibility index (Phi) is 4.85. The zero-order valence-corrected chi connectivity index (χ0v) is 9.45. The van der Waals surface area contributed by atoms with Crippen molar-refractivity contribution in [3.8, 4) is 5.88 Å². The molecular weight excluding hydrogens is 212 g/mol. The largest absolute Gasteiger partial charge is 0.474 e. The van der Waals surface area contributed by atoms with E-state index in [4.69, 9.17) is 10.5 Å². The summed E-state index contributed by atoms with van der Waals surface area (Å²) in [7, 11) is 0. The maximum absolute atomic E-state index is 5.82. The molecule has 84 valence electrons. The highest BCUT2D eigenvalue weighted by molar-refractivity contribution is 5.85. The first-order valence-electron chi connectivity index (χ1n) is 5.18. The van der Waals surface area contributed by atoms with Crippen molar-refractivity contribution >= 4 is 12.4 Å². The Hall–Kier alpha value is -0.800. The highest BCUT2D eigenvalue weighted by Gasteiger charge is 2.19. The molecule has 0 atom stereocenters. The minimum absolute atomic E-state index is 0. The molecule has 0 spiro atoms. The summed E-state index contributed by atoms with van der Waals surface area (Å²) in [5, 5.41) is 0. The third-order valence-corrected chi connectivity index (χ3v) is 2.64. The lowest BCUT2D eigenvalue weighted by Gasteiger charge is -2.26. The summed E-state index contributed by atoms with van der Waals surface area (Å²) < 4.78 is 5.74. The Bertz CT molecular complexity index is 273. The van der Waals surface area contributed by atoms with E-state index < -0.39 is 0 Å². The lowest BCUT2D eigenvalue weighted by atomic mass is 9.94. The van der Waals surface area contributed by atoms with Gasteiger partial charge in [0.25, 0.3) is 0 Å². The van der Waals surface area contributed by atoms with Crippen molar-refractivity contribution in [2.75, 3.05) is 0 Å². The number of nitrogens with two attached hydrogens (primary N) is 1. The van der Waals surface area contributed by atoms with Crippen molar-refractivity contribution in [2.24, 2.45) is 5.73 Å². The normalized spacial score (nSPS) is 25.4. The number of ether oxygens (including phenoxy) is 1. The monoisotopic (exact) mass is 228 g/mol. The molecule has 1 aliphatic carbocycles. The van der Waals surface area contributed by atoms with Crippen LogP contribution in [-0.4, -0.2) is 17.1 Å². The summed E-state index contributed by atoms with van der Waals surface area (Å²) in [5.41, 5.74) is 5.82. The summed E-state index contributed by atoms with van der Waals surface area (Å²) in [4.78, 5) is 4.14. The molecule has 0 unspecified atom stereocenters. The predicted octanol–water partition coefficient (Wildman–Crippen LogP) is 2.15. The molecule has 2 N–H and O–H groups in total. The van der Waals surface area contributed by atoms with Gasteiger partial charge in [-0.1, -0.05) is 6.07 Å². The van der Waals surface area contributed by atoms with Crippen LogP contribution >= 0.6 is 12.4 Å². The molecule has 0 bridgehead atoms. The summed E-state index contributed by atoms with van der Waals surface area (Å²) in [6, 6.07) is 6.10. The van der Waals surface area contributed by atoms with Crippen molar-refractivity contribution < 1.29 is 4.74 Å². The van der Waals surface area contributed by atoms with Crippen LogP contribution in [0, 0.1) is 0 Å². The summed E-state index contributed by atoms with van der Waals surface area (Å²) in [6.45, 7) is 0. The second-order valence-corrected chi connectivity index (χ2v) is 3.82. The minimum atomic E-state index is 0. The average molecular weight is 229 g/mol. The van der Waals surface area contributed by atoms with Gasteiger partial charge in [-0.15, -0.1) is 12.4 Å². The first-order valence-corrected chi connectivity index (χ1v) is 5.18. The molecule has 4 heteroatoms. The van der Waals surface area contributed by atoms with Crippen LogP contribution in [0.2, 0.25) is 0 Å². The molecule has 0 aromatic carbocycles. The molecule has 0 aliphatic heterocycles. The zero-order chi connectivity index (χ0) is 9.80. The maximum Gasteiger partial charge on any atom is 0.213 e. The maximum atomic E-state index is 5.82. The van der Waals surface area contributed by atoms with Crippen LogP contribution < -0.4 is 10.5 Å². The molecule has 0 radical (unpaired) electrons. The van der Waals surface area contributed by atoms with E-state index in [9.17, 15) is 0 Å². The van der Waals surface area contributed by atoms with Gasteiger partial charge < -0.3 is 10.5 Å². The molecule has 15 heavy (non-hydrogen) atoms. The van der Waals surface area contributed by atoms with Crippen molar-refractivity contribution in [1.29, 1.82) is 0 Å². The van der Waals surface area contributed by atoms with Gasteiger partial charge in [0.1, 0.15) is 6.10 Å². The summed E-state index contributed by atoms with van der Waals surface area (Å²) >= 11 is 0. The van der Waals surface area contributed by atoms with Crippen LogP contribution in [0.1, 0.15) is 25.7 Å². The molecule has 1 aromatic rings. The van der Waals surface area contributed by atoms with Gasteiger partial charge in [0.2, 0.25) is 5.88 Å². The van der Waals surface area contributed by atoms with E-state index in [0.717, 1.165) is 31.6 Å². The average Bonchev–Trinajstić information content (AvgIpc) is 2.23. The van der Waals surface area contributed by atoms with E-state index in [0.29, 0.717) is 12.1 Å². The van der Waals surface area contributed by atoms with Crippen molar-refractivity contribution in [2.45, 2.75) is 37.8 Å². The Morgan fingerprint density at radius 2 is 1.93 bits per heavy atom. The quantitative estimate of drug-likeness (QED) is 0.844. The Labute approximate surface area is 96.4 Å². The van der Waals surface area contributed by atoms with Gasteiger partial charge in [0.15, 0.2) is 0 Å². The van der Waals surface area contributed by atoms with E-state index in [1.807, 2.05) is 18.2 Å². The third kappa shape index (κ3) is 3.68. The molecular formula is C11H17ClN2O. The van der Waals surface area contributed by atoms with Crippen LogP contribution in [0.3, 0.4) is 0 Å². The fourth-order valence-corrected chi connectivity index (χ4v) is 1.79. The zero-order valence-electron chi connectivity index (χ0n) is 8.63. The minimum Gasteiger partial charge on any atom is -0.474 e. The van der Waals surface area contributed by atoms with Gasteiger partial charge >= 0.3 is 0 Å². The highest BCUT2D eigenvalue weighted by Crippen LogP contribution is 2.21. The topological polar surface area (TPSA) is 48.1 Å². The molecule has 1 heterocycles. The van der Waals surface area contributed by atoms with Crippen molar-refractivity contribution in [3.63, 3.8) is 0 Å². The lowest BCUT2D eigenvalue weighted by Crippen LogP contribution is -2.31. The number of aromatic nitrogens is 1. The summed E-state index contributed by atoms with van der Waals surface area (Å²) in [6.07, 6.45) is 6.30. The van der Waals surface area contributed by atoms with E-state index in [2.05, 4.69) is 4.98 Å². The molecule has 0 saturated heterocycles. The molecule has 1 aromatic heterocycles. The first kappa shape index (κ1) is 12.3. The Balaban J connectivity index is 0.00000112. The molecule has 2 rings (SSSR count). The second kappa shape index (κ2) is 5.93. The molecule has 3 nitrogen and oxygen atoms in total. The van der Waals surface area contributed by atoms with Gasteiger partial charge in [0, 0.05) is 18.3 Å². The van der Waals surface area contributed by atoms with Gasteiger partial charge in [-0.05, 0) is 31.7 Å². The molecule has 0 amide bonds. The van der Waals surface area contributed by atoms with E-state index in [1.165, 1.54) is 0 Å². The van der Waals surface area contributed by atoms with Gasteiger partial charge in [-0.25, -0.2) is 4.98 Å². The van der Waals surface area contributed by atoms with Crippen LogP contribution in [0.25, 0.3) is 0 Å². The molecule has 1 aliphatic rings. The number of nitrogens with zero attached hydrogens (tertiary/aromatic N) is 1. The summed E-state index contributed by atoms with van der Waals surface area (Å²) in [5.74, 6) is 0.730. The smallest absolute Gasteiger partial charge is 0.213 e. The van der Waals surface area contributed by atoms with Crippen LogP contribution in [-0.2, 0) is 0 Å². The Morgan fingerprint density at radius 3 is 2.53 bits per heavy atom. The van der Waals surface area contributed by atoms with E-state index in [-0.39, 0.29) is 12.4 Å². The number of rotatable bonds is 2. The number of halogens is 1. The predicted molar refractivity (Wildman–Crippen MR) is 62.3 cm³/mol. The van der Waals surface area contributed by atoms with Gasteiger partial charge in [0.05, 0.1) is 0 Å². The highest BCUT2D eigenvalue weighted by atomic mass is 35.5.